The summed E-state index contributed by atoms with van der Waals surface area (Å²) in [4.78, 5) is 4.90. The molecule has 4 rings (SSSR count). The second-order valence-electron chi connectivity index (χ2n) is 5.92. The average Bonchev–Trinajstić information content (AvgIpc) is 3.05. The molecule has 1 aliphatic heterocycles. The molecule has 1 fully saturated rings. The molecule has 3 heterocycles. The number of benzene rings is 1. The molecule has 1 saturated heterocycles. The van der Waals surface area contributed by atoms with E-state index in [4.69, 9.17) is 11.6 Å². The number of hydrogen-bond donors (Lipinski definition) is 0. The molecule has 24 heavy (non-hydrogen) atoms. The normalized spacial score (nSPS) is 16.0. The highest BCUT2D eigenvalue weighted by Crippen LogP contribution is 2.23. The van der Waals surface area contributed by atoms with E-state index < -0.39 is 0 Å². The van der Waals surface area contributed by atoms with Gasteiger partial charge in [-0.25, -0.2) is 0 Å². The molecule has 0 spiro atoms. The van der Waals surface area contributed by atoms with Crippen molar-refractivity contribution in [2.24, 2.45) is 0 Å². The third kappa shape index (κ3) is 2.83. The van der Waals surface area contributed by atoms with Gasteiger partial charge in [-0.1, -0.05) is 18.5 Å². The summed E-state index contributed by atoms with van der Waals surface area (Å²) in [7, 11) is 0. The van der Waals surface area contributed by atoms with E-state index in [-0.39, 0.29) is 0 Å². The number of likely N-dealkylation sites (N-methyl/N-ethyl adjacent to an activating group) is 1. The lowest BCUT2D eigenvalue weighted by Gasteiger charge is -2.35. The summed E-state index contributed by atoms with van der Waals surface area (Å²) in [5.74, 6) is 0.704. The van der Waals surface area contributed by atoms with E-state index in [1.54, 1.807) is 10.6 Å². The Balaban J connectivity index is 1.58. The first-order chi connectivity index (χ1) is 11.7. The van der Waals surface area contributed by atoms with Crippen LogP contribution in [0.2, 0.25) is 5.15 Å². The first kappa shape index (κ1) is 15.4. The maximum absolute atomic E-state index is 5.99. The van der Waals surface area contributed by atoms with Gasteiger partial charge in [0, 0.05) is 37.4 Å². The number of anilines is 1. The SMILES string of the molecule is CCN1CCN(c2ccc(-c3nnc4ccc(Cl)nn34)cc2)CC1. The Hall–Kier alpha value is -2.18. The maximum Gasteiger partial charge on any atom is 0.185 e. The fraction of sp³-hybridized carbons (Fsp3) is 0.353. The smallest absolute Gasteiger partial charge is 0.185 e. The van der Waals surface area contributed by atoms with Crippen molar-refractivity contribution >= 4 is 22.9 Å². The summed E-state index contributed by atoms with van der Waals surface area (Å²) in [6, 6.07) is 12.0. The van der Waals surface area contributed by atoms with Crippen LogP contribution in [-0.4, -0.2) is 57.4 Å². The number of fused-ring (bicyclic) bond motifs is 1. The van der Waals surface area contributed by atoms with E-state index in [1.165, 1.54) is 5.69 Å². The Morgan fingerprint density at radius 1 is 0.958 bits per heavy atom. The van der Waals surface area contributed by atoms with Crippen molar-refractivity contribution in [2.45, 2.75) is 6.92 Å². The molecule has 0 radical (unpaired) electrons. The van der Waals surface area contributed by atoms with Crippen LogP contribution in [-0.2, 0) is 0 Å². The summed E-state index contributed by atoms with van der Waals surface area (Å²) < 4.78 is 1.68. The van der Waals surface area contributed by atoms with E-state index in [1.807, 2.05) is 6.07 Å². The van der Waals surface area contributed by atoms with Crippen molar-refractivity contribution in [1.29, 1.82) is 0 Å². The van der Waals surface area contributed by atoms with Crippen molar-refractivity contribution in [1.82, 2.24) is 24.7 Å². The van der Waals surface area contributed by atoms with Crippen molar-refractivity contribution in [2.75, 3.05) is 37.6 Å². The van der Waals surface area contributed by atoms with Crippen LogP contribution in [0.5, 0.6) is 0 Å². The number of hydrogen-bond acceptors (Lipinski definition) is 5. The van der Waals surface area contributed by atoms with Crippen molar-refractivity contribution < 1.29 is 0 Å². The van der Waals surface area contributed by atoms with E-state index in [9.17, 15) is 0 Å². The zero-order valence-corrected chi connectivity index (χ0v) is 14.3. The van der Waals surface area contributed by atoms with Gasteiger partial charge in [-0.3, -0.25) is 0 Å². The molecule has 3 aromatic rings. The number of piperazine rings is 1. The molecule has 0 bridgehead atoms. The summed E-state index contributed by atoms with van der Waals surface area (Å²) in [5, 5.41) is 13.1. The lowest BCUT2D eigenvalue weighted by atomic mass is 10.1. The van der Waals surface area contributed by atoms with Crippen LogP contribution in [0.15, 0.2) is 36.4 Å². The maximum atomic E-state index is 5.99. The minimum Gasteiger partial charge on any atom is -0.369 e. The van der Waals surface area contributed by atoms with Crippen LogP contribution < -0.4 is 4.90 Å². The predicted molar refractivity (Wildman–Crippen MR) is 95.6 cm³/mol. The van der Waals surface area contributed by atoms with E-state index >= 15 is 0 Å². The fourth-order valence-electron chi connectivity index (χ4n) is 3.09. The van der Waals surface area contributed by atoms with Crippen molar-refractivity contribution in [3.63, 3.8) is 0 Å². The summed E-state index contributed by atoms with van der Waals surface area (Å²) >= 11 is 5.99. The standard InChI is InChI=1S/C17H19ClN6/c1-2-22-9-11-23(12-10-22)14-5-3-13(4-6-14)17-20-19-16-8-7-15(18)21-24(16)17/h3-8H,2,9-12H2,1H3. The third-order valence-electron chi connectivity index (χ3n) is 4.54. The van der Waals surface area contributed by atoms with Gasteiger partial charge in [0.1, 0.15) is 5.15 Å². The topological polar surface area (TPSA) is 49.6 Å². The van der Waals surface area contributed by atoms with Gasteiger partial charge in [-0.05, 0) is 42.9 Å². The van der Waals surface area contributed by atoms with Gasteiger partial charge in [-0.2, -0.15) is 9.61 Å². The average molecular weight is 343 g/mol. The van der Waals surface area contributed by atoms with Gasteiger partial charge in [0.2, 0.25) is 0 Å². The molecular formula is C17H19ClN6. The van der Waals surface area contributed by atoms with E-state index in [2.05, 4.69) is 56.3 Å². The molecular weight excluding hydrogens is 324 g/mol. The summed E-state index contributed by atoms with van der Waals surface area (Å²) in [6.07, 6.45) is 0. The monoisotopic (exact) mass is 342 g/mol. The molecule has 124 valence electrons. The number of halogens is 1. The largest absolute Gasteiger partial charge is 0.369 e. The summed E-state index contributed by atoms with van der Waals surface area (Å²) in [6.45, 7) is 7.72. The molecule has 7 heteroatoms. The molecule has 0 unspecified atom stereocenters. The molecule has 1 aliphatic rings. The molecule has 0 N–H and O–H groups in total. The fourth-order valence-corrected chi connectivity index (χ4v) is 3.23. The minimum absolute atomic E-state index is 0.425. The van der Waals surface area contributed by atoms with Crippen LogP contribution >= 0.6 is 11.6 Å². The lowest BCUT2D eigenvalue weighted by Crippen LogP contribution is -2.46. The Kier molecular flexibility index (Phi) is 4.08. The molecule has 0 saturated carbocycles. The third-order valence-corrected chi connectivity index (χ3v) is 4.74. The van der Waals surface area contributed by atoms with Crippen molar-refractivity contribution in [3.05, 3.63) is 41.6 Å². The predicted octanol–water partition coefficient (Wildman–Crippen LogP) is 2.59. The Morgan fingerprint density at radius 2 is 1.71 bits per heavy atom. The second-order valence-corrected chi connectivity index (χ2v) is 6.31. The highest BCUT2D eigenvalue weighted by atomic mass is 35.5. The first-order valence-electron chi connectivity index (χ1n) is 8.20. The number of rotatable bonds is 3. The van der Waals surface area contributed by atoms with Crippen molar-refractivity contribution in [3.8, 4) is 11.4 Å². The quantitative estimate of drug-likeness (QED) is 0.732. The van der Waals surface area contributed by atoms with Gasteiger partial charge < -0.3 is 9.80 Å². The molecule has 2 aromatic heterocycles. The minimum atomic E-state index is 0.425. The zero-order chi connectivity index (χ0) is 16.5. The van der Waals surface area contributed by atoms with E-state index in [0.29, 0.717) is 16.6 Å². The van der Waals surface area contributed by atoms with Gasteiger partial charge in [0.25, 0.3) is 0 Å². The Bertz CT molecular complexity index is 836. The van der Waals surface area contributed by atoms with E-state index in [0.717, 1.165) is 38.3 Å². The van der Waals surface area contributed by atoms with Crippen LogP contribution in [0, 0.1) is 0 Å². The number of aromatic nitrogens is 4. The molecule has 0 aliphatic carbocycles. The second kappa shape index (κ2) is 6.37. The molecule has 1 aromatic carbocycles. The molecule has 0 atom stereocenters. The molecule has 0 amide bonds. The molecule has 6 nitrogen and oxygen atoms in total. The Labute approximate surface area is 145 Å². The van der Waals surface area contributed by atoms with Gasteiger partial charge in [-0.15, -0.1) is 10.2 Å². The van der Waals surface area contributed by atoms with Crippen LogP contribution in [0.3, 0.4) is 0 Å². The van der Waals surface area contributed by atoms with Gasteiger partial charge in [0.15, 0.2) is 11.5 Å². The van der Waals surface area contributed by atoms with Crippen LogP contribution in [0.4, 0.5) is 5.69 Å². The highest BCUT2D eigenvalue weighted by Gasteiger charge is 2.16. The van der Waals surface area contributed by atoms with Crippen LogP contribution in [0.1, 0.15) is 6.92 Å². The first-order valence-corrected chi connectivity index (χ1v) is 8.58. The highest BCUT2D eigenvalue weighted by molar-refractivity contribution is 6.29. The summed E-state index contributed by atoms with van der Waals surface area (Å²) in [5.41, 5.74) is 2.91. The lowest BCUT2D eigenvalue weighted by molar-refractivity contribution is 0.271. The Morgan fingerprint density at radius 3 is 2.42 bits per heavy atom. The zero-order valence-electron chi connectivity index (χ0n) is 13.6. The van der Waals surface area contributed by atoms with Gasteiger partial charge >= 0.3 is 0 Å². The van der Waals surface area contributed by atoms with Crippen LogP contribution in [0.25, 0.3) is 17.0 Å². The van der Waals surface area contributed by atoms with Gasteiger partial charge in [0.05, 0.1) is 0 Å². The number of nitrogens with zero attached hydrogens (tertiary/aromatic N) is 6.